The van der Waals surface area contributed by atoms with Crippen LogP contribution in [0.1, 0.15) is 42.1 Å². The Labute approximate surface area is 95.7 Å². The summed E-state index contributed by atoms with van der Waals surface area (Å²) in [5.74, 6) is -0.917. The van der Waals surface area contributed by atoms with Crippen molar-refractivity contribution in [2.24, 2.45) is 0 Å². The molecule has 0 atom stereocenters. The molecule has 1 aromatic rings. The van der Waals surface area contributed by atoms with Crippen LogP contribution in [0.25, 0.3) is 0 Å². The topological polar surface area (TPSA) is 37.3 Å². The number of thiol groups is 1. The van der Waals surface area contributed by atoms with Gasteiger partial charge in [0.1, 0.15) is 0 Å². The minimum Gasteiger partial charge on any atom is -0.478 e. The molecule has 0 fully saturated rings. The van der Waals surface area contributed by atoms with E-state index in [1.54, 1.807) is 6.07 Å². The van der Waals surface area contributed by atoms with Crippen molar-refractivity contribution < 1.29 is 9.90 Å². The van der Waals surface area contributed by atoms with Gasteiger partial charge in [-0.15, -0.1) is 12.6 Å². The predicted molar refractivity (Wildman–Crippen MR) is 63.9 cm³/mol. The molecular weight excluding hydrogens is 208 g/mol. The van der Waals surface area contributed by atoms with Gasteiger partial charge in [-0.05, 0) is 30.5 Å². The van der Waals surface area contributed by atoms with Crippen molar-refractivity contribution in [1.82, 2.24) is 0 Å². The number of aryl methyl sites for hydroxylation is 1. The van der Waals surface area contributed by atoms with Crippen LogP contribution >= 0.6 is 12.6 Å². The van der Waals surface area contributed by atoms with Gasteiger partial charge < -0.3 is 5.11 Å². The summed E-state index contributed by atoms with van der Waals surface area (Å²) in [6, 6.07) is 5.35. The number of benzene rings is 1. The fourth-order valence-corrected chi connectivity index (χ4v) is 1.83. The first-order valence-electron chi connectivity index (χ1n) is 5.20. The molecular formula is C12H16O2S. The van der Waals surface area contributed by atoms with Gasteiger partial charge in [0, 0.05) is 4.90 Å². The molecule has 0 aromatic heterocycles. The molecule has 0 amide bonds. The second-order valence-electron chi connectivity index (χ2n) is 3.61. The molecule has 3 heteroatoms. The molecule has 0 aliphatic carbocycles. The van der Waals surface area contributed by atoms with Gasteiger partial charge in [0.15, 0.2) is 0 Å². The Morgan fingerprint density at radius 3 is 2.67 bits per heavy atom. The first-order valence-corrected chi connectivity index (χ1v) is 5.65. The molecule has 0 saturated carbocycles. The summed E-state index contributed by atoms with van der Waals surface area (Å²) >= 11 is 4.17. The van der Waals surface area contributed by atoms with Gasteiger partial charge in [-0.1, -0.05) is 25.8 Å². The molecule has 0 unspecified atom stereocenters. The van der Waals surface area contributed by atoms with Gasteiger partial charge in [0.05, 0.1) is 5.56 Å². The number of carboxylic acids is 1. The summed E-state index contributed by atoms with van der Waals surface area (Å²) in [7, 11) is 0. The largest absolute Gasteiger partial charge is 0.478 e. The van der Waals surface area contributed by atoms with Crippen LogP contribution in [0, 0.1) is 0 Å². The molecule has 0 saturated heterocycles. The smallest absolute Gasteiger partial charge is 0.336 e. The average molecular weight is 224 g/mol. The number of carbonyl (C=O) groups is 1. The van der Waals surface area contributed by atoms with E-state index in [9.17, 15) is 4.79 Å². The number of aromatic carboxylic acids is 1. The number of hydrogen-bond donors (Lipinski definition) is 2. The van der Waals surface area contributed by atoms with Gasteiger partial charge in [0.2, 0.25) is 0 Å². The van der Waals surface area contributed by atoms with Crippen LogP contribution in [0.5, 0.6) is 0 Å². The highest BCUT2D eigenvalue weighted by molar-refractivity contribution is 7.80. The SMILES string of the molecule is CCCCCc1ccc(C(=O)O)c(S)c1. The third kappa shape index (κ3) is 3.59. The van der Waals surface area contributed by atoms with Crippen molar-refractivity contribution in [3.8, 4) is 0 Å². The third-order valence-electron chi connectivity index (χ3n) is 2.36. The molecule has 0 radical (unpaired) electrons. The monoisotopic (exact) mass is 224 g/mol. The molecule has 0 heterocycles. The van der Waals surface area contributed by atoms with Crippen molar-refractivity contribution >= 4 is 18.6 Å². The van der Waals surface area contributed by atoms with E-state index < -0.39 is 5.97 Å². The standard InChI is InChI=1S/C12H16O2S/c1-2-3-4-5-9-6-7-10(12(13)14)11(15)8-9/h6-8,15H,2-5H2,1H3,(H,13,14). The Morgan fingerprint density at radius 2 is 2.13 bits per heavy atom. The molecule has 1 N–H and O–H groups in total. The zero-order chi connectivity index (χ0) is 11.3. The molecule has 1 rings (SSSR count). The second kappa shape index (κ2) is 5.81. The molecule has 0 spiro atoms. The van der Waals surface area contributed by atoms with Crippen molar-refractivity contribution in [3.63, 3.8) is 0 Å². The molecule has 1 aromatic carbocycles. The zero-order valence-electron chi connectivity index (χ0n) is 8.86. The van der Waals surface area contributed by atoms with E-state index in [1.807, 2.05) is 12.1 Å². The van der Waals surface area contributed by atoms with Crippen LogP contribution in [0.3, 0.4) is 0 Å². The van der Waals surface area contributed by atoms with Gasteiger partial charge in [-0.25, -0.2) is 4.79 Å². The molecule has 0 aliphatic rings. The normalized spacial score (nSPS) is 10.3. The molecule has 0 bridgehead atoms. The molecule has 15 heavy (non-hydrogen) atoms. The Balaban J connectivity index is 2.69. The van der Waals surface area contributed by atoms with Crippen LogP contribution in [0.15, 0.2) is 23.1 Å². The summed E-state index contributed by atoms with van der Waals surface area (Å²) in [6.07, 6.45) is 4.56. The Hall–Kier alpha value is -0.960. The number of rotatable bonds is 5. The van der Waals surface area contributed by atoms with E-state index in [-0.39, 0.29) is 5.56 Å². The predicted octanol–water partition coefficient (Wildman–Crippen LogP) is 3.41. The maximum atomic E-state index is 10.7. The first kappa shape index (κ1) is 12.1. The number of carboxylic acid groups (broad SMARTS) is 1. The minimum atomic E-state index is -0.917. The van der Waals surface area contributed by atoms with Gasteiger partial charge in [-0.2, -0.15) is 0 Å². The van der Waals surface area contributed by atoms with Crippen LogP contribution in [-0.2, 0) is 6.42 Å². The van der Waals surface area contributed by atoms with Crippen molar-refractivity contribution in [2.75, 3.05) is 0 Å². The van der Waals surface area contributed by atoms with E-state index in [0.29, 0.717) is 4.90 Å². The summed E-state index contributed by atoms with van der Waals surface area (Å²) in [4.78, 5) is 11.3. The van der Waals surface area contributed by atoms with Crippen LogP contribution in [0.4, 0.5) is 0 Å². The molecule has 0 aliphatic heterocycles. The maximum absolute atomic E-state index is 10.7. The lowest BCUT2D eigenvalue weighted by atomic mass is 10.1. The lowest BCUT2D eigenvalue weighted by Gasteiger charge is -2.04. The first-order chi connectivity index (χ1) is 7.15. The highest BCUT2D eigenvalue weighted by Gasteiger charge is 2.07. The highest BCUT2D eigenvalue weighted by Crippen LogP contribution is 2.17. The highest BCUT2D eigenvalue weighted by atomic mass is 32.1. The Kier molecular flexibility index (Phi) is 4.69. The summed E-state index contributed by atoms with van der Waals surface area (Å²) in [6.45, 7) is 2.16. The lowest BCUT2D eigenvalue weighted by molar-refractivity contribution is 0.0693. The van der Waals surface area contributed by atoms with E-state index >= 15 is 0 Å². The van der Waals surface area contributed by atoms with Crippen LogP contribution in [0.2, 0.25) is 0 Å². The fraction of sp³-hybridized carbons (Fsp3) is 0.417. The summed E-state index contributed by atoms with van der Waals surface area (Å²) < 4.78 is 0. The minimum absolute atomic E-state index is 0.276. The van der Waals surface area contributed by atoms with Gasteiger partial charge in [0.25, 0.3) is 0 Å². The van der Waals surface area contributed by atoms with Crippen molar-refractivity contribution in [1.29, 1.82) is 0 Å². The fourth-order valence-electron chi connectivity index (χ4n) is 1.49. The number of hydrogen-bond acceptors (Lipinski definition) is 2. The maximum Gasteiger partial charge on any atom is 0.336 e. The van der Waals surface area contributed by atoms with E-state index in [0.717, 1.165) is 12.8 Å². The summed E-state index contributed by atoms with van der Waals surface area (Å²) in [5.41, 5.74) is 1.44. The molecule has 82 valence electrons. The van der Waals surface area contributed by atoms with Gasteiger partial charge >= 0.3 is 5.97 Å². The third-order valence-corrected chi connectivity index (χ3v) is 2.73. The zero-order valence-corrected chi connectivity index (χ0v) is 9.76. The Bertz CT molecular complexity index is 347. The quantitative estimate of drug-likeness (QED) is 0.594. The van der Waals surface area contributed by atoms with Crippen molar-refractivity contribution in [2.45, 2.75) is 37.5 Å². The van der Waals surface area contributed by atoms with Crippen molar-refractivity contribution in [3.05, 3.63) is 29.3 Å². The molecule has 2 nitrogen and oxygen atoms in total. The Morgan fingerprint density at radius 1 is 1.40 bits per heavy atom. The van der Waals surface area contributed by atoms with E-state index in [1.165, 1.54) is 18.4 Å². The second-order valence-corrected chi connectivity index (χ2v) is 4.10. The summed E-state index contributed by atoms with van der Waals surface area (Å²) in [5, 5.41) is 8.82. The van der Waals surface area contributed by atoms with Crippen LogP contribution < -0.4 is 0 Å². The van der Waals surface area contributed by atoms with E-state index in [2.05, 4.69) is 19.6 Å². The average Bonchev–Trinajstić information content (AvgIpc) is 2.17. The number of unbranched alkanes of at least 4 members (excludes halogenated alkanes) is 2. The lowest BCUT2D eigenvalue weighted by Crippen LogP contribution is -1.98. The van der Waals surface area contributed by atoms with Gasteiger partial charge in [-0.3, -0.25) is 0 Å². The van der Waals surface area contributed by atoms with Crippen LogP contribution in [-0.4, -0.2) is 11.1 Å². The van der Waals surface area contributed by atoms with E-state index in [4.69, 9.17) is 5.11 Å².